The quantitative estimate of drug-likeness (QED) is 0.607. The number of nitrogens with zero attached hydrogens (tertiary/aromatic N) is 4. The Morgan fingerprint density at radius 2 is 1.97 bits per heavy atom. The molecule has 1 aliphatic rings. The number of fused-ring (bicyclic) bond motifs is 1. The molecule has 3 heterocycles. The molecule has 2 aromatic heterocycles. The highest BCUT2D eigenvalue weighted by atomic mass is 19.1. The third kappa shape index (κ3) is 4.41. The normalized spacial score (nSPS) is 17.0. The molecular weight excluding hydrogens is 383 g/mol. The fourth-order valence-electron chi connectivity index (χ4n) is 4.04. The highest BCUT2D eigenvalue weighted by Gasteiger charge is 2.41. The van der Waals surface area contributed by atoms with Crippen LogP contribution in [0.25, 0.3) is 22.2 Å². The van der Waals surface area contributed by atoms with Crippen molar-refractivity contribution in [2.75, 3.05) is 19.6 Å². The van der Waals surface area contributed by atoms with Crippen molar-refractivity contribution in [3.8, 4) is 11.5 Å². The summed E-state index contributed by atoms with van der Waals surface area (Å²) in [5.74, 6) is 1.11. The molecule has 0 unspecified atom stereocenters. The molecule has 0 N–H and O–H groups in total. The van der Waals surface area contributed by atoms with Gasteiger partial charge in [0.15, 0.2) is 11.5 Å². The summed E-state index contributed by atoms with van der Waals surface area (Å²) in [6.07, 6.45) is 2.23. The number of benzene rings is 1. The van der Waals surface area contributed by atoms with Crippen molar-refractivity contribution in [2.45, 2.75) is 45.7 Å². The molecule has 30 heavy (non-hydrogen) atoms. The lowest BCUT2D eigenvalue weighted by atomic mass is 9.86. The van der Waals surface area contributed by atoms with Crippen molar-refractivity contribution < 1.29 is 13.6 Å². The van der Waals surface area contributed by atoms with Gasteiger partial charge >= 0.3 is 0 Å². The molecule has 1 aromatic carbocycles. The van der Waals surface area contributed by atoms with Gasteiger partial charge in [-0.05, 0) is 29.5 Å². The van der Waals surface area contributed by atoms with Crippen LogP contribution in [0.3, 0.4) is 0 Å². The number of carbonyl (C=O) groups excluding carboxylic acids is 1. The van der Waals surface area contributed by atoms with Gasteiger partial charge in [-0.3, -0.25) is 9.78 Å². The molecule has 0 aliphatic carbocycles. The molecule has 1 fully saturated rings. The van der Waals surface area contributed by atoms with Crippen molar-refractivity contribution >= 4 is 16.6 Å². The van der Waals surface area contributed by atoms with Gasteiger partial charge in [0, 0.05) is 62.2 Å². The topological polar surface area (TPSA) is 72.1 Å². The van der Waals surface area contributed by atoms with Crippen LogP contribution in [-0.4, -0.2) is 51.2 Å². The predicted octanol–water partition coefficient (Wildman–Crippen LogP) is 4.16. The van der Waals surface area contributed by atoms with E-state index in [1.807, 2.05) is 24.3 Å². The summed E-state index contributed by atoms with van der Waals surface area (Å²) in [4.78, 5) is 19.4. The van der Waals surface area contributed by atoms with Gasteiger partial charge in [0.05, 0.1) is 6.42 Å². The number of rotatable bonds is 6. The molecule has 3 aromatic rings. The number of hydrogen-bond donors (Lipinski definition) is 0. The fourth-order valence-corrected chi connectivity index (χ4v) is 4.04. The highest BCUT2D eigenvalue weighted by molar-refractivity contribution is 5.91. The molecular formula is C23H27FN4O2. The Labute approximate surface area is 175 Å². The van der Waals surface area contributed by atoms with Gasteiger partial charge in [-0.1, -0.05) is 19.9 Å². The summed E-state index contributed by atoms with van der Waals surface area (Å²) < 4.78 is 20.8. The summed E-state index contributed by atoms with van der Waals surface area (Å²) >= 11 is 0. The first-order valence-electron chi connectivity index (χ1n) is 10.5. The smallest absolute Gasteiger partial charge is 0.247 e. The predicted molar refractivity (Wildman–Crippen MR) is 113 cm³/mol. The minimum absolute atomic E-state index is 0.000510. The van der Waals surface area contributed by atoms with Crippen LogP contribution >= 0.6 is 0 Å². The number of aromatic nitrogens is 3. The Morgan fingerprint density at radius 3 is 2.63 bits per heavy atom. The lowest BCUT2D eigenvalue weighted by Gasteiger charge is -2.36. The number of alkyl halides is 1. The molecule has 0 spiro atoms. The number of carbonyl (C=O) groups is 1. The molecule has 7 heteroatoms. The van der Waals surface area contributed by atoms with Crippen molar-refractivity contribution in [2.24, 2.45) is 5.92 Å². The largest absolute Gasteiger partial charge is 0.421 e. The molecule has 1 aliphatic heterocycles. The summed E-state index contributed by atoms with van der Waals surface area (Å²) in [6, 6.07) is 7.58. The monoisotopic (exact) mass is 410 g/mol. The van der Waals surface area contributed by atoms with Crippen LogP contribution < -0.4 is 0 Å². The van der Waals surface area contributed by atoms with Gasteiger partial charge in [-0.15, -0.1) is 10.2 Å². The van der Waals surface area contributed by atoms with Gasteiger partial charge in [-0.2, -0.15) is 0 Å². The Kier molecular flexibility index (Phi) is 5.64. The van der Waals surface area contributed by atoms with E-state index < -0.39 is 5.67 Å². The lowest BCUT2D eigenvalue weighted by molar-refractivity contribution is -0.133. The van der Waals surface area contributed by atoms with E-state index in [1.165, 1.54) is 0 Å². The second kappa shape index (κ2) is 8.22. The number of ketones is 1. The fraction of sp³-hybridized carbons (Fsp3) is 0.478. The van der Waals surface area contributed by atoms with E-state index in [0.717, 1.165) is 22.9 Å². The van der Waals surface area contributed by atoms with Crippen molar-refractivity contribution in [3.05, 3.63) is 42.0 Å². The van der Waals surface area contributed by atoms with E-state index in [2.05, 4.69) is 33.9 Å². The third-order valence-electron chi connectivity index (χ3n) is 5.66. The SMILES string of the molecule is Cc1nnc(-c2ccc3cnc(CC(=O)C4(F)CCN(CC(C)C)CC4)cc3c2)o1. The van der Waals surface area contributed by atoms with E-state index in [9.17, 15) is 4.79 Å². The van der Waals surface area contributed by atoms with E-state index in [0.29, 0.717) is 36.5 Å². The van der Waals surface area contributed by atoms with Crippen LogP contribution in [0.4, 0.5) is 4.39 Å². The summed E-state index contributed by atoms with van der Waals surface area (Å²) in [5, 5.41) is 9.75. The maximum Gasteiger partial charge on any atom is 0.247 e. The van der Waals surface area contributed by atoms with E-state index in [4.69, 9.17) is 4.42 Å². The van der Waals surface area contributed by atoms with Crippen LogP contribution in [0.1, 0.15) is 38.3 Å². The first-order chi connectivity index (χ1) is 14.3. The second-order valence-corrected chi connectivity index (χ2v) is 8.62. The van der Waals surface area contributed by atoms with Gasteiger partial charge in [0.2, 0.25) is 11.8 Å². The van der Waals surface area contributed by atoms with Crippen LogP contribution in [0.5, 0.6) is 0 Å². The first kappa shape index (κ1) is 20.6. The standard InChI is InChI=1S/C23H27FN4O2/c1-15(2)14-28-8-6-23(24,7-9-28)21(29)12-20-11-19-10-17(4-5-18(19)13-25-20)22-27-26-16(3)30-22/h4-5,10-11,13,15H,6-9,12,14H2,1-3H3. The molecule has 0 atom stereocenters. The van der Waals surface area contributed by atoms with Crippen LogP contribution in [0, 0.1) is 12.8 Å². The van der Waals surface area contributed by atoms with Crippen molar-refractivity contribution in [1.29, 1.82) is 0 Å². The molecule has 158 valence electrons. The first-order valence-corrected chi connectivity index (χ1v) is 10.5. The Morgan fingerprint density at radius 1 is 1.20 bits per heavy atom. The average Bonchev–Trinajstić information content (AvgIpc) is 3.15. The summed E-state index contributed by atoms with van der Waals surface area (Å²) in [5.41, 5.74) is -0.383. The number of halogens is 1. The Bertz CT molecular complexity index is 1050. The zero-order valence-electron chi connectivity index (χ0n) is 17.7. The third-order valence-corrected chi connectivity index (χ3v) is 5.66. The summed E-state index contributed by atoms with van der Waals surface area (Å²) in [7, 11) is 0. The molecule has 4 rings (SSSR count). The number of Topliss-reactive ketones (excluding diaryl/α,β-unsaturated/α-hetero) is 1. The number of piperidine rings is 1. The minimum Gasteiger partial charge on any atom is -0.421 e. The average molecular weight is 410 g/mol. The zero-order valence-corrected chi connectivity index (χ0v) is 17.7. The molecule has 1 saturated heterocycles. The zero-order chi connectivity index (χ0) is 21.3. The number of pyridine rings is 1. The maximum atomic E-state index is 15.3. The summed E-state index contributed by atoms with van der Waals surface area (Å²) in [6.45, 7) is 8.23. The molecule has 0 saturated carbocycles. The van der Waals surface area contributed by atoms with Crippen molar-refractivity contribution in [1.82, 2.24) is 20.1 Å². The van der Waals surface area contributed by atoms with E-state index >= 15 is 4.39 Å². The number of hydrogen-bond acceptors (Lipinski definition) is 6. The molecule has 0 radical (unpaired) electrons. The van der Waals surface area contributed by atoms with E-state index in [1.54, 1.807) is 13.1 Å². The van der Waals surface area contributed by atoms with Crippen molar-refractivity contribution in [3.63, 3.8) is 0 Å². The van der Waals surface area contributed by atoms with Crippen LogP contribution in [-0.2, 0) is 11.2 Å². The van der Waals surface area contributed by atoms with Gasteiger partial charge < -0.3 is 9.32 Å². The Balaban J connectivity index is 1.48. The number of likely N-dealkylation sites (tertiary alicyclic amines) is 1. The molecule has 0 amide bonds. The second-order valence-electron chi connectivity index (χ2n) is 8.62. The van der Waals surface area contributed by atoms with Gasteiger partial charge in [0.1, 0.15) is 0 Å². The van der Waals surface area contributed by atoms with E-state index in [-0.39, 0.29) is 25.0 Å². The maximum absolute atomic E-state index is 15.3. The van der Waals surface area contributed by atoms with Crippen LogP contribution in [0.15, 0.2) is 34.9 Å². The highest BCUT2D eigenvalue weighted by Crippen LogP contribution is 2.30. The number of aryl methyl sites for hydroxylation is 1. The minimum atomic E-state index is -1.76. The Hall–Kier alpha value is -2.67. The molecule has 6 nitrogen and oxygen atoms in total. The van der Waals surface area contributed by atoms with Crippen LogP contribution in [0.2, 0.25) is 0 Å². The van der Waals surface area contributed by atoms with Gasteiger partial charge in [0.25, 0.3) is 0 Å². The molecule has 0 bridgehead atoms. The van der Waals surface area contributed by atoms with Gasteiger partial charge in [-0.25, -0.2) is 4.39 Å². The lowest BCUT2D eigenvalue weighted by Crippen LogP contribution is -2.47.